The van der Waals surface area contributed by atoms with E-state index in [0.717, 1.165) is 5.75 Å². The molecule has 2 aliphatic heterocycles. The first kappa shape index (κ1) is 15.4. The second-order valence-electron chi connectivity index (χ2n) is 5.82. The van der Waals surface area contributed by atoms with Crippen molar-refractivity contribution in [3.63, 3.8) is 0 Å². The number of nitrogens with zero attached hydrogens (tertiary/aromatic N) is 1. The van der Waals surface area contributed by atoms with E-state index < -0.39 is 0 Å². The summed E-state index contributed by atoms with van der Waals surface area (Å²) in [5.41, 5.74) is 6.71. The van der Waals surface area contributed by atoms with Crippen LogP contribution in [0.25, 0.3) is 5.57 Å². The highest BCUT2D eigenvalue weighted by atomic mass is 127. The van der Waals surface area contributed by atoms with Gasteiger partial charge in [-0.25, -0.2) is 0 Å². The second-order valence-corrected chi connectivity index (χ2v) is 5.82. The highest BCUT2D eigenvalue weighted by Gasteiger charge is 2.39. The molecule has 0 fully saturated rings. The van der Waals surface area contributed by atoms with E-state index in [1.807, 2.05) is 0 Å². The van der Waals surface area contributed by atoms with Gasteiger partial charge in [-0.2, -0.15) is 0 Å². The molecule has 1 N–H and O–H groups in total. The minimum atomic E-state index is 0. The molecule has 0 saturated heterocycles. The quantitative estimate of drug-likeness (QED) is 0.597. The smallest absolute Gasteiger partial charge is 0.139 e. The highest BCUT2D eigenvalue weighted by molar-refractivity contribution is 5.88. The molecule has 2 heterocycles. The number of hydrogen-bond acceptors (Lipinski definition) is 2. The van der Waals surface area contributed by atoms with Gasteiger partial charge in [0.25, 0.3) is 0 Å². The average Bonchev–Trinajstić information content (AvgIpc) is 2.79. The van der Waals surface area contributed by atoms with Crippen LogP contribution in [0.1, 0.15) is 5.56 Å². The maximum absolute atomic E-state index is 5.42. The number of fused-ring (bicyclic) bond motifs is 4. The van der Waals surface area contributed by atoms with Gasteiger partial charge >= 0.3 is 0 Å². The molecule has 2 unspecified atom stereocenters. The summed E-state index contributed by atoms with van der Waals surface area (Å²) < 4.78 is 5.42. The summed E-state index contributed by atoms with van der Waals surface area (Å²) in [5, 5.41) is 0. The van der Waals surface area contributed by atoms with Gasteiger partial charge in [-0.05, 0) is 35.4 Å². The van der Waals surface area contributed by atoms with Crippen molar-refractivity contribution in [3.05, 3.63) is 65.5 Å². The van der Waals surface area contributed by atoms with Crippen molar-refractivity contribution >= 4 is 11.3 Å². The molecule has 0 bridgehead atoms. The van der Waals surface area contributed by atoms with Gasteiger partial charge in [-0.1, -0.05) is 6.08 Å². The summed E-state index contributed by atoms with van der Waals surface area (Å²) in [6, 6.07) is 6.80. The van der Waals surface area contributed by atoms with Gasteiger partial charge in [0.05, 0.1) is 14.2 Å². The molecule has 0 radical (unpaired) electrons. The number of methoxy groups -OCH3 is 1. The Balaban J connectivity index is 0.00000144. The Kier molecular flexibility index (Phi) is 3.91. The van der Waals surface area contributed by atoms with E-state index in [9.17, 15) is 0 Å². The number of ether oxygens (including phenoxy) is 1. The van der Waals surface area contributed by atoms with Gasteiger partial charge in [0, 0.05) is 36.7 Å². The Labute approximate surface area is 148 Å². The first-order valence-electron chi connectivity index (χ1n) is 7.26. The monoisotopic (exact) mass is 406 g/mol. The lowest BCUT2D eigenvalue weighted by Gasteiger charge is -2.24. The zero-order valence-electron chi connectivity index (χ0n) is 12.9. The number of halogens is 1. The Morgan fingerprint density at radius 2 is 2.05 bits per heavy atom. The molecule has 0 spiro atoms. The summed E-state index contributed by atoms with van der Waals surface area (Å²) in [6.07, 6.45) is 11.1. The van der Waals surface area contributed by atoms with Crippen LogP contribution in [0.3, 0.4) is 0 Å². The van der Waals surface area contributed by atoms with Crippen molar-refractivity contribution < 1.29 is 33.6 Å². The SMILES string of the molecule is COc1ccc2c(c1)C1=C3C=CN(C)C=C3C=CC1[NH+]2C.[I-]. The van der Waals surface area contributed by atoms with Crippen molar-refractivity contribution in [3.8, 4) is 5.75 Å². The van der Waals surface area contributed by atoms with Crippen LogP contribution in [-0.2, 0) is 0 Å². The van der Waals surface area contributed by atoms with Crippen LogP contribution in [0.2, 0.25) is 0 Å². The molecule has 114 valence electrons. The van der Waals surface area contributed by atoms with E-state index in [1.165, 1.54) is 32.9 Å². The number of hydrogen-bond donors (Lipinski definition) is 1. The minimum Gasteiger partial charge on any atom is -1.00 e. The van der Waals surface area contributed by atoms with Crippen LogP contribution < -0.4 is 33.6 Å². The number of benzene rings is 1. The molecule has 2 atom stereocenters. The molecule has 0 aromatic heterocycles. The van der Waals surface area contributed by atoms with E-state index in [0.29, 0.717) is 6.04 Å². The van der Waals surface area contributed by atoms with Crippen molar-refractivity contribution in [1.82, 2.24) is 4.90 Å². The zero-order valence-corrected chi connectivity index (χ0v) is 15.1. The normalized spacial score (nSPS) is 24.3. The van der Waals surface area contributed by atoms with E-state index in [2.05, 4.69) is 67.8 Å². The Morgan fingerprint density at radius 1 is 1.23 bits per heavy atom. The summed E-state index contributed by atoms with van der Waals surface area (Å²) in [4.78, 5) is 3.53. The third-order valence-electron chi connectivity index (χ3n) is 4.61. The first-order valence-corrected chi connectivity index (χ1v) is 7.26. The molecule has 22 heavy (non-hydrogen) atoms. The van der Waals surface area contributed by atoms with Crippen molar-refractivity contribution in [2.45, 2.75) is 6.04 Å². The topological polar surface area (TPSA) is 16.9 Å². The number of quaternary nitrogens is 1. The van der Waals surface area contributed by atoms with Crippen LogP contribution in [0.5, 0.6) is 5.75 Å². The lowest BCUT2D eigenvalue weighted by atomic mass is 9.86. The Bertz CT molecular complexity index is 745. The van der Waals surface area contributed by atoms with E-state index >= 15 is 0 Å². The van der Waals surface area contributed by atoms with Gasteiger partial charge in [0.1, 0.15) is 17.5 Å². The Hall–Kier alpha value is -1.53. The van der Waals surface area contributed by atoms with E-state index in [4.69, 9.17) is 4.74 Å². The maximum Gasteiger partial charge on any atom is 0.139 e. The molecule has 4 rings (SSSR count). The predicted octanol–water partition coefficient (Wildman–Crippen LogP) is -1.11. The second kappa shape index (κ2) is 5.59. The molecule has 3 aliphatic rings. The fourth-order valence-corrected chi connectivity index (χ4v) is 3.52. The fourth-order valence-electron chi connectivity index (χ4n) is 3.52. The van der Waals surface area contributed by atoms with Gasteiger partial charge in [0.2, 0.25) is 0 Å². The van der Waals surface area contributed by atoms with Crippen LogP contribution in [0, 0.1) is 0 Å². The summed E-state index contributed by atoms with van der Waals surface area (Å²) in [6.45, 7) is 0. The van der Waals surface area contributed by atoms with E-state index in [1.54, 1.807) is 7.11 Å². The minimum absolute atomic E-state index is 0. The van der Waals surface area contributed by atoms with Crippen LogP contribution in [-0.4, -0.2) is 32.1 Å². The lowest BCUT2D eigenvalue weighted by molar-refractivity contribution is -0.816. The standard InChI is InChI=1S/C18H18N2O.HI/c1-19-9-8-14-12(11-19)4-6-17-18(14)15-10-13(21-3)5-7-16(15)20(17)2;/h4-11,17H,1-3H3;1H. The number of likely N-dealkylation sites (N-methyl/N-ethyl adjacent to an activating group) is 1. The number of nitrogens with one attached hydrogen (secondary N) is 1. The van der Waals surface area contributed by atoms with Crippen LogP contribution in [0.4, 0.5) is 5.69 Å². The van der Waals surface area contributed by atoms with Gasteiger partial charge in [0.15, 0.2) is 0 Å². The average molecular weight is 406 g/mol. The van der Waals surface area contributed by atoms with Crippen molar-refractivity contribution in [2.75, 3.05) is 21.2 Å². The number of allylic oxidation sites excluding steroid dienone is 4. The third kappa shape index (κ3) is 2.13. The Morgan fingerprint density at radius 3 is 2.82 bits per heavy atom. The molecule has 1 aliphatic carbocycles. The van der Waals surface area contributed by atoms with Gasteiger partial charge < -0.3 is 33.6 Å². The molecule has 0 amide bonds. The third-order valence-corrected chi connectivity index (χ3v) is 4.61. The highest BCUT2D eigenvalue weighted by Crippen LogP contribution is 2.41. The van der Waals surface area contributed by atoms with Crippen LogP contribution in [0.15, 0.2) is 60.0 Å². The van der Waals surface area contributed by atoms with E-state index in [-0.39, 0.29) is 24.0 Å². The first-order chi connectivity index (χ1) is 10.2. The van der Waals surface area contributed by atoms with Crippen molar-refractivity contribution in [2.24, 2.45) is 0 Å². The zero-order chi connectivity index (χ0) is 14.6. The summed E-state index contributed by atoms with van der Waals surface area (Å²) >= 11 is 0. The molecule has 1 aromatic rings. The van der Waals surface area contributed by atoms with Crippen molar-refractivity contribution in [1.29, 1.82) is 0 Å². The van der Waals surface area contributed by atoms with Crippen LogP contribution >= 0.6 is 0 Å². The fraction of sp³-hybridized carbons (Fsp3) is 0.222. The lowest BCUT2D eigenvalue weighted by Crippen LogP contribution is -3.06. The molecule has 0 saturated carbocycles. The molecular formula is C18H19IN2O. The maximum atomic E-state index is 5.42. The summed E-state index contributed by atoms with van der Waals surface area (Å²) in [7, 11) is 6.03. The molecule has 3 nitrogen and oxygen atoms in total. The van der Waals surface area contributed by atoms with Gasteiger partial charge in [-0.3, -0.25) is 4.90 Å². The molecule has 1 aromatic carbocycles. The molecule has 4 heteroatoms. The molecular weight excluding hydrogens is 387 g/mol. The predicted molar refractivity (Wildman–Crippen MR) is 84.4 cm³/mol. The largest absolute Gasteiger partial charge is 1.00 e. The van der Waals surface area contributed by atoms with Gasteiger partial charge in [-0.15, -0.1) is 0 Å². The number of rotatable bonds is 1. The summed E-state index contributed by atoms with van der Waals surface area (Å²) in [5.74, 6) is 0.923.